The first-order valence-electron chi connectivity index (χ1n) is 11.5. The summed E-state index contributed by atoms with van der Waals surface area (Å²) in [6, 6.07) is 3.96. The number of pyridine rings is 2. The number of nitrogens with two attached hydrogens (primary N) is 2. The summed E-state index contributed by atoms with van der Waals surface area (Å²) >= 11 is 0. The number of piperidine rings is 1. The van der Waals surface area contributed by atoms with Crippen molar-refractivity contribution < 1.29 is 9.21 Å². The van der Waals surface area contributed by atoms with Gasteiger partial charge < -0.3 is 26.1 Å². The van der Waals surface area contributed by atoms with E-state index in [2.05, 4.69) is 27.1 Å². The Bertz CT molecular complexity index is 1140. The number of hydrogen-bond donors (Lipinski definition) is 3. The Morgan fingerprint density at radius 3 is 2.91 bits per heavy atom. The first-order chi connectivity index (χ1) is 15.5. The lowest BCUT2D eigenvalue weighted by molar-refractivity contribution is 0.102. The van der Waals surface area contributed by atoms with Crippen LogP contribution in [0.25, 0.3) is 11.1 Å². The minimum Gasteiger partial charge on any atom is -0.438 e. The fourth-order valence-corrected chi connectivity index (χ4v) is 4.91. The Kier molecular flexibility index (Phi) is 5.46. The molecular weight excluding hydrogens is 404 g/mol. The molecule has 1 aliphatic heterocycles. The summed E-state index contributed by atoms with van der Waals surface area (Å²) in [5, 5.41) is 2.99. The van der Waals surface area contributed by atoms with Crippen molar-refractivity contribution in [2.75, 3.05) is 29.0 Å². The van der Waals surface area contributed by atoms with Gasteiger partial charge in [-0.25, -0.2) is 0 Å². The van der Waals surface area contributed by atoms with Crippen LogP contribution in [0.4, 0.5) is 17.3 Å². The van der Waals surface area contributed by atoms with Gasteiger partial charge in [0, 0.05) is 31.5 Å². The van der Waals surface area contributed by atoms with E-state index in [9.17, 15) is 4.79 Å². The van der Waals surface area contributed by atoms with E-state index in [0.29, 0.717) is 22.7 Å². The van der Waals surface area contributed by atoms with Gasteiger partial charge in [-0.3, -0.25) is 14.8 Å². The third kappa shape index (κ3) is 4.02. The number of carbonyl (C=O) groups excluding carboxylic acids is 1. The topological polar surface area (TPSA) is 123 Å². The lowest BCUT2D eigenvalue weighted by Crippen LogP contribution is -2.48. The van der Waals surface area contributed by atoms with Gasteiger partial charge in [0.15, 0.2) is 5.58 Å². The number of nitrogen functional groups attached to an aromatic ring is 1. The van der Waals surface area contributed by atoms with Gasteiger partial charge in [-0.1, -0.05) is 13.3 Å². The van der Waals surface area contributed by atoms with Crippen molar-refractivity contribution >= 4 is 34.3 Å². The van der Waals surface area contributed by atoms with Crippen LogP contribution >= 0.6 is 0 Å². The molecule has 1 saturated carbocycles. The fraction of sp³-hybridized carbons (Fsp3) is 0.458. The maximum Gasteiger partial charge on any atom is 0.263 e. The lowest BCUT2D eigenvalue weighted by atomic mass is 9.90. The largest absolute Gasteiger partial charge is 0.438 e. The minimum absolute atomic E-state index is 0.0675. The number of fused-ring (bicyclic) bond motifs is 1. The molecule has 1 aliphatic carbocycles. The number of carbonyl (C=O) groups is 1. The molecule has 1 amide bonds. The molecule has 168 valence electrons. The van der Waals surface area contributed by atoms with Crippen LogP contribution in [-0.2, 0) is 6.42 Å². The molecule has 2 atom stereocenters. The molecule has 2 fully saturated rings. The summed E-state index contributed by atoms with van der Waals surface area (Å²) < 4.78 is 5.66. The molecule has 8 nitrogen and oxygen atoms in total. The van der Waals surface area contributed by atoms with Crippen molar-refractivity contribution in [1.29, 1.82) is 0 Å². The molecule has 0 radical (unpaired) electrons. The lowest BCUT2D eigenvalue weighted by Gasteiger charge is -2.38. The third-order valence-corrected chi connectivity index (χ3v) is 6.57. The van der Waals surface area contributed by atoms with Crippen molar-refractivity contribution in [2.45, 2.75) is 45.1 Å². The highest BCUT2D eigenvalue weighted by molar-refractivity contribution is 6.15. The van der Waals surface area contributed by atoms with E-state index in [1.165, 1.54) is 12.8 Å². The van der Waals surface area contributed by atoms with Gasteiger partial charge in [-0.05, 0) is 55.2 Å². The summed E-state index contributed by atoms with van der Waals surface area (Å²) in [6.07, 6.45) is 10.7. The standard InChI is InChI=1S/C24H30N6O2/c1-2-3-14-8-20-22(28-10-14)21(23(26)32-20)24(31)29-18-11-27-7-6-19(18)30-12-16(15-4-5-15)9-17(25)13-30/h6-8,10-11,15-17H,2-5,9,12-13,25-26H2,1H3,(H,29,31)/t16-,17+/m1/s1. The molecule has 0 spiro atoms. The van der Waals surface area contributed by atoms with Crippen LogP contribution < -0.4 is 21.7 Å². The van der Waals surface area contributed by atoms with Crippen LogP contribution in [0.5, 0.6) is 0 Å². The normalized spacial score (nSPS) is 21.1. The first-order valence-corrected chi connectivity index (χ1v) is 11.5. The maximum absolute atomic E-state index is 13.2. The Hall–Kier alpha value is -3.13. The Morgan fingerprint density at radius 1 is 1.28 bits per heavy atom. The van der Waals surface area contributed by atoms with Crippen molar-refractivity contribution in [1.82, 2.24) is 9.97 Å². The van der Waals surface area contributed by atoms with E-state index >= 15 is 0 Å². The number of furan rings is 1. The minimum atomic E-state index is -0.355. The number of aryl methyl sites for hydroxylation is 1. The van der Waals surface area contributed by atoms with Crippen LogP contribution in [0.15, 0.2) is 35.1 Å². The number of nitrogens with one attached hydrogen (secondary N) is 1. The second kappa shape index (κ2) is 8.43. The van der Waals surface area contributed by atoms with Crippen LogP contribution in [0.1, 0.15) is 48.5 Å². The van der Waals surface area contributed by atoms with Crippen molar-refractivity contribution in [2.24, 2.45) is 17.6 Å². The number of anilines is 3. The molecule has 5 rings (SSSR count). The molecular formula is C24H30N6O2. The zero-order valence-corrected chi connectivity index (χ0v) is 18.4. The SMILES string of the molecule is CCCc1cnc2c(C(=O)Nc3cnccc3N3C[C@@H](N)C[C@@H](C4CC4)C3)c(N)oc2c1. The van der Waals surface area contributed by atoms with Gasteiger partial charge in [0.25, 0.3) is 5.91 Å². The molecule has 3 aromatic heterocycles. The zero-order valence-electron chi connectivity index (χ0n) is 18.4. The van der Waals surface area contributed by atoms with E-state index in [1.54, 1.807) is 18.6 Å². The maximum atomic E-state index is 13.2. The van der Waals surface area contributed by atoms with Gasteiger partial charge >= 0.3 is 0 Å². The number of nitrogens with zero attached hydrogens (tertiary/aromatic N) is 3. The summed E-state index contributed by atoms with van der Waals surface area (Å²) in [7, 11) is 0. The highest BCUT2D eigenvalue weighted by Gasteiger charge is 2.37. The van der Waals surface area contributed by atoms with Gasteiger partial charge in [0.2, 0.25) is 5.88 Å². The van der Waals surface area contributed by atoms with E-state index in [4.69, 9.17) is 15.9 Å². The molecule has 32 heavy (non-hydrogen) atoms. The summed E-state index contributed by atoms with van der Waals surface area (Å²) in [6.45, 7) is 3.81. The zero-order chi connectivity index (χ0) is 22.2. The Labute approximate surface area is 187 Å². The molecule has 2 aliphatic rings. The Morgan fingerprint density at radius 2 is 2.12 bits per heavy atom. The summed E-state index contributed by atoms with van der Waals surface area (Å²) in [4.78, 5) is 24.2. The van der Waals surface area contributed by atoms with Crippen LogP contribution in [0, 0.1) is 11.8 Å². The molecule has 0 unspecified atom stereocenters. The smallest absolute Gasteiger partial charge is 0.263 e. The summed E-state index contributed by atoms with van der Waals surface area (Å²) in [5.41, 5.74) is 16.3. The third-order valence-electron chi connectivity index (χ3n) is 6.57. The second-order valence-electron chi connectivity index (χ2n) is 9.13. The van der Waals surface area contributed by atoms with Crippen molar-refractivity contribution in [3.05, 3.63) is 41.9 Å². The Balaban J connectivity index is 1.41. The van der Waals surface area contributed by atoms with E-state index < -0.39 is 0 Å². The van der Waals surface area contributed by atoms with Gasteiger partial charge in [-0.15, -0.1) is 0 Å². The molecule has 8 heteroatoms. The molecule has 5 N–H and O–H groups in total. The van der Waals surface area contributed by atoms with E-state index in [1.807, 2.05) is 12.1 Å². The molecule has 3 aromatic rings. The van der Waals surface area contributed by atoms with Crippen LogP contribution in [0.2, 0.25) is 0 Å². The monoisotopic (exact) mass is 434 g/mol. The number of rotatable bonds is 6. The molecule has 0 bridgehead atoms. The molecule has 0 aromatic carbocycles. The van der Waals surface area contributed by atoms with Crippen molar-refractivity contribution in [3.63, 3.8) is 0 Å². The van der Waals surface area contributed by atoms with Crippen LogP contribution in [0.3, 0.4) is 0 Å². The molecule has 4 heterocycles. The fourth-order valence-electron chi connectivity index (χ4n) is 4.91. The predicted octanol–water partition coefficient (Wildman–Crippen LogP) is 3.57. The van der Waals surface area contributed by atoms with Gasteiger partial charge in [0.1, 0.15) is 11.1 Å². The van der Waals surface area contributed by atoms with Gasteiger partial charge in [-0.2, -0.15) is 0 Å². The number of amides is 1. The van der Waals surface area contributed by atoms with Crippen LogP contribution in [-0.4, -0.2) is 35.0 Å². The number of hydrogen-bond acceptors (Lipinski definition) is 7. The predicted molar refractivity (Wildman–Crippen MR) is 126 cm³/mol. The summed E-state index contributed by atoms with van der Waals surface area (Å²) in [5.74, 6) is 1.10. The molecule has 1 saturated heterocycles. The van der Waals surface area contributed by atoms with Gasteiger partial charge in [0.05, 0.1) is 17.6 Å². The second-order valence-corrected chi connectivity index (χ2v) is 9.13. The van der Waals surface area contributed by atoms with E-state index in [0.717, 1.165) is 49.5 Å². The van der Waals surface area contributed by atoms with E-state index in [-0.39, 0.29) is 23.4 Å². The number of aromatic nitrogens is 2. The highest BCUT2D eigenvalue weighted by Crippen LogP contribution is 2.42. The first kappa shape index (κ1) is 20.8. The average molecular weight is 435 g/mol. The highest BCUT2D eigenvalue weighted by atomic mass is 16.3. The van der Waals surface area contributed by atoms with Crippen molar-refractivity contribution in [3.8, 4) is 0 Å². The average Bonchev–Trinajstić information content (AvgIpc) is 3.56. The quantitative estimate of drug-likeness (QED) is 0.542.